The minimum atomic E-state index is -1.57. The lowest BCUT2D eigenvalue weighted by atomic mass is 9.89. The summed E-state index contributed by atoms with van der Waals surface area (Å²) in [4.78, 5) is 24.5. The second-order valence-electron chi connectivity index (χ2n) is 9.40. The fraction of sp³-hybridized carbons (Fsp3) is 0.357. The Hall–Kier alpha value is -4.26. The molecule has 3 aromatic rings. The third-order valence-corrected chi connectivity index (χ3v) is 7.06. The van der Waals surface area contributed by atoms with Crippen LogP contribution in [0, 0.1) is 0 Å². The van der Waals surface area contributed by atoms with Crippen LogP contribution in [-0.4, -0.2) is 74.4 Å². The second-order valence-corrected chi connectivity index (χ2v) is 9.40. The van der Waals surface area contributed by atoms with Crippen molar-refractivity contribution < 1.29 is 57.7 Å². The van der Waals surface area contributed by atoms with E-state index >= 15 is 0 Å². The largest absolute Gasteiger partial charge is 0.493 e. The van der Waals surface area contributed by atoms with Crippen LogP contribution in [-0.2, 0) is 25.6 Å². The van der Waals surface area contributed by atoms with Crippen LogP contribution in [0.2, 0.25) is 0 Å². The summed E-state index contributed by atoms with van der Waals surface area (Å²) in [6.07, 6.45) is -5.47. The van der Waals surface area contributed by atoms with Crippen molar-refractivity contribution in [3.05, 3.63) is 41.5 Å². The van der Waals surface area contributed by atoms with Crippen LogP contribution in [0.25, 0.3) is 21.9 Å². The predicted molar refractivity (Wildman–Crippen MR) is 136 cm³/mol. The lowest BCUT2D eigenvalue weighted by Crippen LogP contribution is -2.56. The number of hydrogen-bond acceptors (Lipinski definition) is 12. The molecule has 4 atom stereocenters. The molecule has 12 nitrogen and oxygen atoms in total. The summed E-state index contributed by atoms with van der Waals surface area (Å²) in [5, 5.41) is 22.5. The molecule has 0 bridgehead atoms. The summed E-state index contributed by atoms with van der Waals surface area (Å²) in [6.45, 7) is 0.958. The molecule has 3 aliphatic rings. The summed E-state index contributed by atoms with van der Waals surface area (Å²) in [6, 6.07) is 8.76. The Morgan fingerprint density at radius 2 is 1.65 bits per heavy atom. The van der Waals surface area contributed by atoms with Crippen molar-refractivity contribution in [1.82, 2.24) is 0 Å². The van der Waals surface area contributed by atoms with Gasteiger partial charge >= 0.3 is 11.9 Å². The molecule has 3 heterocycles. The zero-order chi connectivity index (χ0) is 28.1. The van der Waals surface area contributed by atoms with Gasteiger partial charge in [0.2, 0.25) is 13.1 Å². The molecule has 0 amide bonds. The third kappa shape index (κ3) is 4.21. The topological polar surface area (TPSA) is 148 Å². The van der Waals surface area contributed by atoms with E-state index in [-0.39, 0.29) is 31.3 Å². The first-order valence-electron chi connectivity index (χ1n) is 12.4. The van der Waals surface area contributed by atoms with Crippen LogP contribution in [0.15, 0.2) is 30.3 Å². The number of ether oxygens (including phenoxy) is 8. The van der Waals surface area contributed by atoms with E-state index in [0.717, 1.165) is 0 Å². The van der Waals surface area contributed by atoms with Gasteiger partial charge in [-0.25, -0.2) is 4.79 Å². The summed E-state index contributed by atoms with van der Waals surface area (Å²) < 4.78 is 44.5. The van der Waals surface area contributed by atoms with Crippen molar-refractivity contribution in [3.63, 3.8) is 0 Å². The molecule has 0 spiro atoms. The number of carbonyl (C=O) groups is 2. The van der Waals surface area contributed by atoms with Gasteiger partial charge in [-0.3, -0.25) is 4.79 Å². The van der Waals surface area contributed by atoms with Crippen LogP contribution in [0.4, 0.5) is 0 Å². The fourth-order valence-electron chi connectivity index (χ4n) is 5.20. The van der Waals surface area contributed by atoms with Gasteiger partial charge in [0.15, 0.2) is 29.1 Å². The average molecular weight is 555 g/mol. The van der Waals surface area contributed by atoms with Crippen molar-refractivity contribution in [3.8, 4) is 39.9 Å². The Kier molecular flexibility index (Phi) is 6.53. The zero-order valence-corrected chi connectivity index (χ0v) is 21.8. The first-order chi connectivity index (χ1) is 19.3. The lowest BCUT2D eigenvalue weighted by molar-refractivity contribution is -0.247. The van der Waals surface area contributed by atoms with E-state index in [1.165, 1.54) is 21.1 Å². The zero-order valence-electron chi connectivity index (χ0n) is 21.8. The van der Waals surface area contributed by atoms with Gasteiger partial charge in [-0.2, -0.15) is 0 Å². The highest BCUT2D eigenvalue weighted by molar-refractivity contribution is 6.14. The number of fused-ring (bicyclic) bond motifs is 3. The van der Waals surface area contributed by atoms with Crippen molar-refractivity contribution in [1.29, 1.82) is 0 Å². The van der Waals surface area contributed by atoms with Gasteiger partial charge < -0.3 is 48.1 Å². The van der Waals surface area contributed by atoms with Crippen LogP contribution >= 0.6 is 0 Å². The third-order valence-electron chi connectivity index (χ3n) is 7.06. The molecule has 1 unspecified atom stereocenters. The summed E-state index contributed by atoms with van der Waals surface area (Å²) in [5.74, 6) is 0.915. The highest BCUT2D eigenvalue weighted by Gasteiger charge is 2.43. The Morgan fingerprint density at radius 1 is 0.925 bits per heavy atom. The molecule has 12 heteroatoms. The first kappa shape index (κ1) is 26.0. The van der Waals surface area contributed by atoms with Gasteiger partial charge in [-0.1, -0.05) is 6.07 Å². The summed E-state index contributed by atoms with van der Waals surface area (Å²) in [5.41, 5.74) is 1.90. The number of aliphatic hydroxyl groups excluding tert-OH is 2. The number of rotatable bonds is 6. The first-order valence-corrected chi connectivity index (χ1v) is 12.4. The monoisotopic (exact) mass is 554 g/mol. The van der Waals surface area contributed by atoms with Gasteiger partial charge in [-0.05, 0) is 35.2 Å². The Morgan fingerprint density at radius 3 is 2.38 bits per heavy atom. The Balaban J connectivity index is 1.53. The maximum Gasteiger partial charge on any atom is 0.339 e. The SMILES string of the molecule is COc1cc2c(OC3OC[C@@H](OC(C)=O)[C@H](O)[C@H]3O)c3c(c(-c4ccc5c(c4)OCO5)c2cc1OC)C(=O)OC3. The summed E-state index contributed by atoms with van der Waals surface area (Å²) in [7, 11) is 2.98. The van der Waals surface area contributed by atoms with Crippen molar-refractivity contribution in [2.24, 2.45) is 0 Å². The number of methoxy groups -OCH3 is 2. The predicted octanol–water partition coefficient (Wildman–Crippen LogP) is 2.31. The van der Waals surface area contributed by atoms with Crippen molar-refractivity contribution in [2.75, 3.05) is 27.6 Å². The van der Waals surface area contributed by atoms with E-state index in [2.05, 4.69) is 0 Å². The highest BCUT2D eigenvalue weighted by atomic mass is 16.7. The Labute approximate surface area is 227 Å². The number of hydrogen-bond donors (Lipinski definition) is 2. The van der Waals surface area contributed by atoms with Gasteiger partial charge in [0.1, 0.15) is 24.6 Å². The molecular weight excluding hydrogens is 528 g/mol. The number of aliphatic hydroxyl groups is 2. The quantitative estimate of drug-likeness (QED) is 0.431. The minimum Gasteiger partial charge on any atom is -0.493 e. The van der Waals surface area contributed by atoms with Crippen LogP contribution in [0.5, 0.6) is 28.7 Å². The van der Waals surface area contributed by atoms with Gasteiger partial charge in [0, 0.05) is 23.4 Å². The average Bonchev–Trinajstić information content (AvgIpc) is 3.58. The smallest absolute Gasteiger partial charge is 0.339 e. The number of cyclic esters (lactones) is 1. The summed E-state index contributed by atoms with van der Waals surface area (Å²) >= 11 is 0. The van der Waals surface area contributed by atoms with E-state index in [0.29, 0.717) is 50.5 Å². The van der Waals surface area contributed by atoms with Gasteiger partial charge in [0.25, 0.3) is 0 Å². The van der Waals surface area contributed by atoms with Gasteiger partial charge in [0.05, 0.1) is 26.4 Å². The molecule has 3 aliphatic heterocycles. The van der Waals surface area contributed by atoms with E-state index in [1.807, 2.05) is 6.07 Å². The minimum absolute atomic E-state index is 0.0887. The molecule has 40 heavy (non-hydrogen) atoms. The molecule has 0 saturated carbocycles. The standard InChI is InChI=1S/C28H26O12/c1-12(29)39-21-10-36-28(25(31)24(21)30)40-26-15-8-19(34-3)18(33-2)7-14(15)22(23-16(26)9-35-27(23)32)13-4-5-17-20(6-13)38-11-37-17/h4-8,21,24-25,28,30-31H,9-11H2,1-3H3/t21-,24+,25-,28?/m1/s1. The molecule has 1 fully saturated rings. The molecule has 0 radical (unpaired) electrons. The molecule has 2 N–H and O–H groups in total. The molecule has 0 aliphatic carbocycles. The normalized spacial score (nSPS) is 23.0. The second kappa shape index (κ2) is 10.0. The van der Waals surface area contributed by atoms with E-state index in [1.54, 1.807) is 24.3 Å². The molecule has 210 valence electrons. The molecule has 6 rings (SSSR count). The Bertz CT molecular complexity index is 1520. The molecule has 0 aromatic heterocycles. The number of esters is 2. The molecular formula is C28H26O12. The van der Waals surface area contributed by atoms with Crippen LogP contribution in [0.3, 0.4) is 0 Å². The number of benzene rings is 3. The highest BCUT2D eigenvalue weighted by Crippen LogP contribution is 2.49. The molecule has 1 saturated heterocycles. The maximum absolute atomic E-state index is 13.2. The van der Waals surface area contributed by atoms with Crippen molar-refractivity contribution in [2.45, 2.75) is 38.1 Å². The van der Waals surface area contributed by atoms with E-state index in [9.17, 15) is 19.8 Å². The van der Waals surface area contributed by atoms with Gasteiger partial charge in [-0.15, -0.1) is 0 Å². The van der Waals surface area contributed by atoms with Crippen LogP contribution in [0.1, 0.15) is 22.8 Å². The fourth-order valence-corrected chi connectivity index (χ4v) is 5.20. The van der Waals surface area contributed by atoms with Crippen molar-refractivity contribution >= 4 is 22.7 Å². The molecule has 3 aromatic carbocycles. The van der Waals surface area contributed by atoms with E-state index in [4.69, 9.17) is 37.9 Å². The number of carbonyl (C=O) groups excluding carboxylic acids is 2. The van der Waals surface area contributed by atoms with E-state index < -0.39 is 36.5 Å². The van der Waals surface area contributed by atoms with Crippen LogP contribution < -0.4 is 23.7 Å². The lowest BCUT2D eigenvalue weighted by Gasteiger charge is -2.37. The maximum atomic E-state index is 13.2.